The van der Waals surface area contributed by atoms with E-state index in [1.807, 2.05) is 37.4 Å². The summed E-state index contributed by atoms with van der Waals surface area (Å²) in [6, 6.07) is -0.326. The molecule has 0 bridgehead atoms. The molecular weight excluding hydrogens is 304 g/mol. The van der Waals surface area contributed by atoms with E-state index in [9.17, 15) is 9.59 Å². The highest BCUT2D eigenvalue weighted by molar-refractivity contribution is 8.00. The van der Waals surface area contributed by atoms with Gasteiger partial charge in [0.15, 0.2) is 5.16 Å². The molecule has 8 nitrogen and oxygen atoms in total. The molecule has 3 amide bonds. The van der Waals surface area contributed by atoms with Crippen LogP contribution in [0.2, 0.25) is 0 Å². The largest absolute Gasteiger partial charge is 0.347 e. The second-order valence-corrected chi connectivity index (χ2v) is 6.56. The molecule has 0 fully saturated rings. The Bertz CT molecular complexity index is 529. The third kappa shape index (κ3) is 4.62. The van der Waals surface area contributed by atoms with E-state index in [2.05, 4.69) is 20.8 Å². The molecule has 1 aromatic heterocycles. The number of anilines is 1. The molecule has 1 heterocycles. The molecule has 0 aliphatic carbocycles. The van der Waals surface area contributed by atoms with E-state index in [1.54, 1.807) is 13.8 Å². The molecule has 0 saturated heterocycles. The maximum Gasteiger partial charge on any atom is 0.321 e. The predicted octanol–water partition coefficient (Wildman–Crippen LogP) is 1.25. The van der Waals surface area contributed by atoms with Crippen molar-refractivity contribution in [3.05, 3.63) is 0 Å². The van der Waals surface area contributed by atoms with Crippen molar-refractivity contribution >= 4 is 29.6 Å². The molecule has 0 unspecified atom stereocenters. The Balaban J connectivity index is 2.82. The fourth-order valence-electron chi connectivity index (χ4n) is 1.74. The molecule has 0 radical (unpaired) electrons. The van der Waals surface area contributed by atoms with Crippen molar-refractivity contribution in [2.75, 3.05) is 25.5 Å². The van der Waals surface area contributed by atoms with Crippen LogP contribution in [0.5, 0.6) is 0 Å². The number of hydrogen-bond acceptors (Lipinski definition) is 6. The van der Waals surface area contributed by atoms with Crippen LogP contribution in [0, 0.1) is 0 Å². The molecule has 0 saturated carbocycles. The summed E-state index contributed by atoms with van der Waals surface area (Å²) in [7, 11) is 3.78. The van der Waals surface area contributed by atoms with Crippen LogP contribution in [0.4, 0.5) is 10.7 Å². The summed E-state index contributed by atoms with van der Waals surface area (Å²) in [5.74, 6) is 0.370. The number of imide groups is 1. The third-order valence-corrected chi connectivity index (χ3v) is 3.85. The van der Waals surface area contributed by atoms with Gasteiger partial charge in [-0.05, 0) is 27.7 Å². The van der Waals surface area contributed by atoms with Gasteiger partial charge in [0, 0.05) is 26.7 Å². The first kappa shape index (κ1) is 18.3. The SMILES string of the molecule is CCNC(=O)NC(=O)[C@H](C)Sc1nnc(N(C)C)n1C(C)C. The molecular formula is C13H24N6O2S. The minimum absolute atomic E-state index is 0.161. The highest BCUT2D eigenvalue weighted by atomic mass is 32.2. The fourth-order valence-corrected chi connectivity index (χ4v) is 2.71. The Hall–Kier alpha value is -1.77. The number of nitrogens with one attached hydrogen (secondary N) is 2. The van der Waals surface area contributed by atoms with Gasteiger partial charge in [-0.1, -0.05) is 11.8 Å². The first-order chi connectivity index (χ1) is 10.3. The van der Waals surface area contributed by atoms with E-state index >= 15 is 0 Å². The summed E-state index contributed by atoms with van der Waals surface area (Å²) in [5, 5.41) is 13.3. The smallest absolute Gasteiger partial charge is 0.321 e. The van der Waals surface area contributed by atoms with Crippen LogP contribution in [0.25, 0.3) is 0 Å². The zero-order chi connectivity index (χ0) is 16.9. The van der Waals surface area contributed by atoms with Crippen LogP contribution in [0.15, 0.2) is 5.16 Å². The van der Waals surface area contributed by atoms with Crippen LogP contribution < -0.4 is 15.5 Å². The minimum atomic E-state index is -0.487. The molecule has 124 valence electrons. The Morgan fingerprint density at radius 1 is 1.27 bits per heavy atom. The summed E-state index contributed by atoms with van der Waals surface area (Å²) < 4.78 is 1.96. The molecule has 0 spiro atoms. The summed E-state index contributed by atoms with van der Waals surface area (Å²) in [6.07, 6.45) is 0. The number of amides is 3. The van der Waals surface area contributed by atoms with Crippen molar-refractivity contribution < 1.29 is 9.59 Å². The van der Waals surface area contributed by atoms with Gasteiger partial charge < -0.3 is 10.2 Å². The Morgan fingerprint density at radius 2 is 1.91 bits per heavy atom. The third-order valence-electron chi connectivity index (χ3n) is 2.79. The number of carbonyl (C=O) groups excluding carboxylic acids is 2. The maximum absolute atomic E-state index is 12.0. The topological polar surface area (TPSA) is 92.2 Å². The first-order valence-electron chi connectivity index (χ1n) is 7.15. The normalized spacial score (nSPS) is 12.1. The number of nitrogens with zero attached hydrogens (tertiary/aromatic N) is 4. The zero-order valence-corrected chi connectivity index (χ0v) is 14.7. The van der Waals surface area contributed by atoms with E-state index in [4.69, 9.17) is 0 Å². The average Bonchev–Trinajstić information content (AvgIpc) is 2.82. The maximum atomic E-state index is 12.0. The van der Waals surface area contributed by atoms with E-state index < -0.39 is 11.3 Å². The van der Waals surface area contributed by atoms with Crippen LogP contribution in [0.3, 0.4) is 0 Å². The van der Waals surface area contributed by atoms with Gasteiger partial charge in [0.05, 0.1) is 5.25 Å². The Labute approximate surface area is 135 Å². The van der Waals surface area contributed by atoms with Gasteiger partial charge in [-0.25, -0.2) is 4.79 Å². The van der Waals surface area contributed by atoms with Gasteiger partial charge in [-0.3, -0.25) is 14.7 Å². The van der Waals surface area contributed by atoms with Crippen molar-refractivity contribution in [1.82, 2.24) is 25.4 Å². The minimum Gasteiger partial charge on any atom is -0.347 e. The summed E-state index contributed by atoms with van der Waals surface area (Å²) in [6.45, 7) is 8.04. The molecule has 1 rings (SSSR count). The van der Waals surface area contributed by atoms with Crippen molar-refractivity contribution in [2.45, 2.75) is 44.1 Å². The van der Waals surface area contributed by atoms with E-state index in [1.165, 1.54) is 11.8 Å². The lowest BCUT2D eigenvalue weighted by atomic mass is 10.4. The predicted molar refractivity (Wildman–Crippen MR) is 87.3 cm³/mol. The number of rotatable bonds is 6. The lowest BCUT2D eigenvalue weighted by Crippen LogP contribution is -2.42. The van der Waals surface area contributed by atoms with Crippen LogP contribution in [0.1, 0.15) is 33.7 Å². The lowest BCUT2D eigenvalue weighted by Gasteiger charge is -2.18. The van der Waals surface area contributed by atoms with Gasteiger partial charge >= 0.3 is 6.03 Å². The van der Waals surface area contributed by atoms with E-state index in [-0.39, 0.29) is 11.9 Å². The molecule has 0 aliphatic heterocycles. The Morgan fingerprint density at radius 3 is 2.41 bits per heavy atom. The molecule has 2 N–H and O–H groups in total. The quantitative estimate of drug-likeness (QED) is 0.764. The standard InChI is InChI=1S/C13H24N6O2S/c1-7-14-11(21)15-10(20)9(4)22-13-17-16-12(18(5)6)19(13)8(2)3/h8-9H,7H2,1-6H3,(H2,14,15,20,21)/t9-/m0/s1. The molecule has 1 atom stereocenters. The van der Waals surface area contributed by atoms with Crippen molar-refractivity contribution in [3.8, 4) is 0 Å². The van der Waals surface area contributed by atoms with Crippen molar-refractivity contribution in [2.24, 2.45) is 0 Å². The van der Waals surface area contributed by atoms with Crippen LogP contribution in [-0.2, 0) is 4.79 Å². The van der Waals surface area contributed by atoms with Crippen LogP contribution in [-0.4, -0.2) is 52.6 Å². The number of hydrogen-bond donors (Lipinski definition) is 2. The molecule has 9 heteroatoms. The van der Waals surface area contributed by atoms with Gasteiger partial charge in [-0.2, -0.15) is 0 Å². The van der Waals surface area contributed by atoms with Gasteiger partial charge in [0.2, 0.25) is 11.9 Å². The van der Waals surface area contributed by atoms with Crippen LogP contribution >= 0.6 is 11.8 Å². The van der Waals surface area contributed by atoms with Gasteiger partial charge in [0.1, 0.15) is 0 Å². The fraction of sp³-hybridized carbons (Fsp3) is 0.692. The number of thioether (sulfide) groups is 1. The first-order valence-corrected chi connectivity index (χ1v) is 8.03. The summed E-state index contributed by atoms with van der Waals surface area (Å²) in [4.78, 5) is 25.3. The zero-order valence-electron chi connectivity index (χ0n) is 13.9. The number of carbonyl (C=O) groups is 2. The Kier molecular flexibility index (Phi) is 6.66. The lowest BCUT2D eigenvalue weighted by molar-refractivity contribution is -0.119. The van der Waals surface area contributed by atoms with E-state index in [0.717, 1.165) is 5.95 Å². The second kappa shape index (κ2) is 8.02. The second-order valence-electron chi connectivity index (χ2n) is 5.25. The number of urea groups is 1. The van der Waals surface area contributed by atoms with Crippen molar-refractivity contribution in [1.29, 1.82) is 0 Å². The van der Waals surface area contributed by atoms with Gasteiger partial charge in [-0.15, -0.1) is 10.2 Å². The van der Waals surface area contributed by atoms with E-state index in [0.29, 0.717) is 11.7 Å². The summed E-state index contributed by atoms with van der Waals surface area (Å²) >= 11 is 1.28. The molecule has 0 aromatic carbocycles. The number of aromatic nitrogens is 3. The van der Waals surface area contributed by atoms with Gasteiger partial charge in [0.25, 0.3) is 0 Å². The highest BCUT2D eigenvalue weighted by Crippen LogP contribution is 2.28. The van der Waals surface area contributed by atoms with Crippen molar-refractivity contribution in [3.63, 3.8) is 0 Å². The molecule has 22 heavy (non-hydrogen) atoms. The monoisotopic (exact) mass is 328 g/mol. The average molecular weight is 328 g/mol. The summed E-state index contributed by atoms with van der Waals surface area (Å²) in [5.41, 5.74) is 0. The molecule has 1 aromatic rings. The molecule has 0 aliphatic rings. The highest BCUT2D eigenvalue weighted by Gasteiger charge is 2.23.